The van der Waals surface area contributed by atoms with Crippen LogP contribution < -0.4 is 20.7 Å². The summed E-state index contributed by atoms with van der Waals surface area (Å²) in [4.78, 5) is 23.1. The molecule has 0 heterocycles. The Hall–Kier alpha value is -2.80. The highest BCUT2D eigenvalue weighted by atomic mass is 35.5. The summed E-state index contributed by atoms with van der Waals surface area (Å²) in [5.41, 5.74) is 1.02. The Bertz CT molecular complexity index is 755. The van der Waals surface area contributed by atoms with Gasteiger partial charge in [-0.05, 0) is 30.3 Å². The average molecular weight is 352 g/mol. The number of carbonyl (C=O) groups is 2. The molecular formula is C16H15ClFN3O3. The summed E-state index contributed by atoms with van der Waals surface area (Å²) in [5, 5.41) is 7.56. The van der Waals surface area contributed by atoms with Crippen molar-refractivity contribution in [2.45, 2.75) is 0 Å². The number of urea groups is 1. The molecule has 0 aliphatic rings. The number of hydrogen-bond donors (Lipinski definition) is 3. The van der Waals surface area contributed by atoms with E-state index in [0.717, 1.165) is 6.07 Å². The van der Waals surface area contributed by atoms with E-state index in [1.165, 1.54) is 19.2 Å². The monoisotopic (exact) mass is 351 g/mol. The van der Waals surface area contributed by atoms with Crippen LogP contribution in [0.15, 0.2) is 42.5 Å². The molecule has 24 heavy (non-hydrogen) atoms. The molecule has 0 radical (unpaired) electrons. The molecule has 6 nitrogen and oxygen atoms in total. The third-order valence-corrected chi connectivity index (χ3v) is 3.18. The number of anilines is 2. The molecule has 0 aromatic heterocycles. The second-order valence-electron chi connectivity index (χ2n) is 4.70. The van der Waals surface area contributed by atoms with Crippen LogP contribution in [0.3, 0.4) is 0 Å². The molecule has 2 aromatic rings. The number of nitrogens with one attached hydrogen (secondary N) is 3. The van der Waals surface area contributed by atoms with Crippen molar-refractivity contribution in [1.82, 2.24) is 5.32 Å². The fourth-order valence-corrected chi connectivity index (χ4v) is 1.95. The minimum absolute atomic E-state index is 0.0825. The second-order valence-corrected chi connectivity index (χ2v) is 5.10. The van der Waals surface area contributed by atoms with Gasteiger partial charge in [0.25, 0.3) is 5.91 Å². The number of amides is 3. The van der Waals surface area contributed by atoms with Crippen LogP contribution in [-0.2, 0) is 4.79 Å². The molecule has 2 aromatic carbocycles. The van der Waals surface area contributed by atoms with Gasteiger partial charge in [-0.25, -0.2) is 9.18 Å². The second kappa shape index (κ2) is 8.16. The molecule has 0 bridgehead atoms. The Balaban J connectivity index is 1.91. The van der Waals surface area contributed by atoms with Gasteiger partial charge in [-0.2, -0.15) is 0 Å². The van der Waals surface area contributed by atoms with Gasteiger partial charge in [0.05, 0.1) is 5.02 Å². The molecule has 0 unspecified atom stereocenters. The fourth-order valence-electron chi connectivity index (χ4n) is 1.78. The topological polar surface area (TPSA) is 79.5 Å². The van der Waals surface area contributed by atoms with E-state index in [9.17, 15) is 14.0 Å². The molecule has 0 saturated heterocycles. The first kappa shape index (κ1) is 17.6. The Morgan fingerprint density at radius 2 is 1.83 bits per heavy atom. The van der Waals surface area contributed by atoms with Crippen LogP contribution in [0.5, 0.6) is 5.75 Å². The maximum absolute atomic E-state index is 13.0. The van der Waals surface area contributed by atoms with Gasteiger partial charge in [0, 0.05) is 24.5 Å². The van der Waals surface area contributed by atoms with Gasteiger partial charge in [-0.15, -0.1) is 0 Å². The Morgan fingerprint density at radius 1 is 1.12 bits per heavy atom. The predicted octanol–water partition coefficient (Wildman–Crippen LogP) is 3.25. The minimum Gasteiger partial charge on any atom is -0.484 e. The van der Waals surface area contributed by atoms with Crippen molar-refractivity contribution in [3.05, 3.63) is 53.3 Å². The van der Waals surface area contributed by atoms with Crippen molar-refractivity contribution >= 4 is 34.9 Å². The van der Waals surface area contributed by atoms with Crippen LogP contribution in [0.4, 0.5) is 20.6 Å². The van der Waals surface area contributed by atoms with E-state index >= 15 is 0 Å². The summed E-state index contributed by atoms with van der Waals surface area (Å²) in [6.45, 7) is -0.269. The van der Waals surface area contributed by atoms with Gasteiger partial charge in [0.15, 0.2) is 6.61 Å². The van der Waals surface area contributed by atoms with Gasteiger partial charge in [0.1, 0.15) is 11.6 Å². The molecule has 0 aliphatic heterocycles. The zero-order valence-corrected chi connectivity index (χ0v) is 13.5. The third-order valence-electron chi connectivity index (χ3n) is 2.89. The number of ether oxygens (including phenoxy) is 1. The van der Waals surface area contributed by atoms with Crippen molar-refractivity contribution in [3.63, 3.8) is 0 Å². The van der Waals surface area contributed by atoms with Gasteiger partial charge in [-0.3, -0.25) is 4.79 Å². The highest BCUT2D eigenvalue weighted by Gasteiger charge is 2.07. The van der Waals surface area contributed by atoms with E-state index in [1.54, 1.807) is 24.3 Å². The minimum atomic E-state index is -0.561. The zero-order valence-electron chi connectivity index (χ0n) is 12.7. The average Bonchev–Trinajstić information content (AvgIpc) is 2.56. The normalized spacial score (nSPS) is 9.96. The molecule has 0 fully saturated rings. The molecule has 0 spiro atoms. The lowest BCUT2D eigenvalue weighted by Gasteiger charge is -2.10. The number of benzene rings is 2. The van der Waals surface area contributed by atoms with Gasteiger partial charge < -0.3 is 20.7 Å². The predicted molar refractivity (Wildman–Crippen MR) is 90.1 cm³/mol. The standard InChI is InChI=1S/C16H15ClFN3O3/c1-19-16(23)21-11-4-2-3-10(7-11)20-15(22)9-24-12-5-6-14(18)13(17)8-12/h2-8H,9H2,1H3,(H,20,22)(H2,19,21,23). The molecule has 0 saturated carbocycles. The highest BCUT2D eigenvalue weighted by Crippen LogP contribution is 2.21. The highest BCUT2D eigenvalue weighted by molar-refractivity contribution is 6.30. The molecule has 0 aliphatic carbocycles. The summed E-state index contributed by atoms with van der Waals surface area (Å²) in [6.07, 6.45) is 0. The lowest BCUT2D eigenvalue weighted by Crippen LogP contribution is -2.24. The Kier molecular flexibility index (Phi) is 5.97. The molecule has 2 rings (SSSR count). The smallest absolute Gasteiger partial charge is 0.318 e. The van der Waals surface area contributed by atoms with Gasteiger partial charge in [0.2, 0.25) is 0 Å². The molecule has 3 N–H and O–H groups in total. The summed E-state index contributed by atoms with van der Waals surface area (Å²) >= 11 is 5.63. The maximum atomic E-state index is 13.0. The summed E-state index contributed by atoms with van der Waals surface area (Å²) < 4.78 is 18.3. The van der Waals surface area contributed by atoms with Crippen LogP contribution in [0.1, 0.15) is 0 Å². The number of hydrogen-bond acceptors (Lipinski definition) is 3. The molecular weight excluding hydrogens is 337 g/mol. The van der Waals surface area contributed by atoms with Crippen LogP contribution >= 0.6 is 11.6 Å². The van der Waals surface area contributed by atoms with E-state index in [-0.39, 0.29) is 23.4 Å². The summed E-state index contributed by atoms with van der Waals surface area (Å²) in [5.74, 6) is -0.687. The fraction of sp³-hybridized carbons (Fsp3) is 0.125. The number of halogens is 2. The van der Waals surface area contributed by atoms with Crippen molar-refractivity contribution in [1.29, 1.82) is 0 Å². The van der Waals surface area contributed by atoms with Crippen molar-refractivity contribution in [2.75, 3.05) is 24.3 Å². The zero-order chi connectivity index (χ0) is 17.5. The van der Waals surface area contributed by atoms with Crippen LogP contribution in [0.25, 0.3) is 0 Å². The van der Waals surface area contributed by atoms with E-state index in [4.69, 9.17) is 16.3 Å². The number of rotatable bonds is 5. The van der Waals surface area contributed by atoms with E-state index in [2.05, 4.69) is 16.0 Å². The van der Waals surface area contributed by atoms with E-state index < -0.39 is 11.7 Å². The Morgan fingerprint density at radius 3 is 2.50 bits per heavy atom. The van der Waals surface area contributed by atoms with E-state index in [1.807, 2.05) is 0 Å². The first-order valence-corrected chi connectivity index (χ1v) is 7.32. The SMILES string of the molecule is CNC(=O)Nc1cccc(NC(=O)COc2ccc(F)c(Cl)c2)c1. The van der Waals surface area contributed by atoms with Crippen LogP contribution in [0, 0.1) is 5.82 Å². The lowest BCUT2D eigenvalue weighted by atomic mass is 10.2. The third kappa shape index (κ3) is 5.13. The first-order valence-electron chi connectivity index (χ1n) is 6.94. The van der Waals surface area contributed by atoms with Gasteiger partial charge in [-0.1, -0.05) is 17.7 Å². The van der Waals surface area contributed by atoms with Crippen molar-refractivity contribution in [2.24, 2.45) is 0 Å². The molecule has 0 atom stereocenters. The van der Waals surface area contributed by atoms with Crippen LogP contribution in [0.2, 0.25) is 5.02 Å². The van der Waals surface area contributed by atoms with Crippen molar-refractivity contribution in [3.8, 4) is 5.75 Å². The summed E-state index contributed by atoms with van der Waals surface area (Å²) in [7, 11) is 1.50. The maximum Gasteiger partial charge on any atom is 0.318 e. The Labute approximate surface area is 143 Å². The molecule has 3 amide bonds. The number of carbonyl (C=O) groups excluding carboxylic acids is 2. The van der Waals surface area contributed by atoms with E-state index in [0.29, 0.717) is 11.4 Å². The summed E-state index contributed by atoms with van der Waals surface area (Å²) in [6, 6.07) is 10.1. The van der Waals surface area contributed by atoms with Crippen molar-refractivity contribution < 1.29 is 18.7 Å². The molecule has 8 heteroatoms. The largest absolute Gasteiger partial charge is 0.484 e. The lowest BCUT2D eigenvalue weighted by molar-refractivity contribution is -0.118. The quantitative estimate of drug-likeness (QED) is 0.773. The molecule has 126 valence electrons. The van der Waals surface area contributed by atoms with Crippen LogP contribution in [-0.4, -0.2) is 25.6 Å². The first-order chi connectivity index (χ1) is 11.5. The van der Waals surface area contributed by atoms with Gasteiger partial charge >= 0.3 is 6.03 Å².